The third kappa shape index (κ3) is 3.15. The number of aromatic nitrogens is 2. The Balaban J connectivity index is 1.67. The number of amides is 1. The minimum atomic E-state index is -0.0336. The highest BCUT2D eigenvalue weighted by molar-refractivity contribution is 6.30. The van der Waals surface area contributed by atoms with E-state index in [-0.39, 0.29) is 5.91 Å². The molecule has 1 aromatic heterocycles. The summed E-state index contributed by atoms with van der Waals surface area (Å²) in [6, 6.07) is 11.3. The van der Waals surface area contributed by atoms with Crippen LogP contribution in [-0.4, -0.2) is 28.6 Å². The number of nitrogens with zero attached hydrogens (tertiary/aromatic N) is 2. The van der Waals surface area contributed by atoms with E-state index in [0.29, 0.717) is 22.4 Å². The van der Waals surface area contributed by atoms with Gasteiger partial charge in [-0.1, -0.05) is 24.4 Å². The number of carbonyl (C=O) groups is 1. The number of nitrogens with one attached hydrogen (secondary N) is 1. The van der Waals surface area contributed by atoms with E-state index in [9.17, 15) is 4.79 Å². The smallest absolute Gasteiger partial charge is 0.251 e. The van der Waals surface area contributed by atoms with Gasteiger partial charge in [-0.25, -0.2) is 4.98 Å². The number of halogens is 1. The molecular weight excluding hydrogens is 350 g/mol. The quantitative estimate of drug-likeness (QED) is 0.743. The van der Waals surface area contributed by atoms with Crippen molar-refractivity contribution in [3.05, 3.63) is 53.3 Å². The highest BCUT2D eigenvalue weighted by Gasteiger charge is 2.19. The largest absolute Gasteiger partial charge is 0.495 e. The Hall–Kier alpha value is -2.53. The zero-order valence-corrected chi connectivity index (χ0v) is 15.3. The van der Waals surface area contributed by atoms with Crippen LogP contribution in [0.3, 0.4) is 0 Å². The molecule has 1 N–H and O–H groups in total. The van der Waals surface area contributed by atoms with Gasteiger partial charge in [0.25, 0.3) is 5.91 Å². The number of hydrogen-bond donors (Lipinski definition) is 1. The van der Waals surface area contributed by atoms with Crippen LogP contribution in [0.25, 0.3) is 16.7 Å². The first-order chi connectivity index (χ1) is 12.7. The van der Waals surface area contributed by atoms with Crippen molar-refractivity contribution in [3.8, 4) is 11.4 Å². The number of imidazole rings is 1. The van der Waals surface area contributed by atoms with E-state index in [4.69, 9.17) is 16.3 Å². The SMILES string of the molecule is COc1ccc(Cl)cc1-n1cnc2cc(C(=O)NC3CCCC3)ccc21. The van der Waals surface area contributed by atoms with Gasteiger partial charge >= 0.3 is 0 Å². The van der Waals surface area contributed by atoms with Crippen LogP contribution in [-0.2, 0) is 0 Å². The fourth-order valence-electron chi connectivity index (χ4n) is 3.54. The number of rotatable bonds is 4. The van der Waals surface area contributed by atoms with E-state index in [1.807, 2.05) is 34.9 Å². The standard InChI is InChI=1S/C20H20ClN3O2/c1-26-19-9-7-14(21)11-18(19)24-12-22-16-10-13(6-8-17(16)24)20(25)23-15-4-2-3-5-15/h6-12,15H,2-5H2,1H3,(H,23,25). The van der Waals surface area contributed by atoms with Crippen LogP contribution in [0.1, 0.15) is 36.0 Å². The number of ether oxygens (including phenoxy) is 1. The molecule has 0 bridgehead atoms. The van der Waals surface area contributed by atoms with E-state index in [1.54, 1.807) is 19.5 Å². The van der Waals surface area contributed by atoms with Gasteiger partial charge in [0.05, 0.1) is 23.8 Å². The summed E-state index contributed by atoms with van der Waals surface area (Å²) in [7, 11) is 1.62. The highest BCUT2D eigenvalue weighted by Crippen LogP contribution is 2.29. The molecule has 26 heavy (non-hydrogen) atoms. The van der Waals surface area contributed by atoms with Gasteiger partial charge < -0.3 is 10.1 Å². The van der Waals surface area contributed by atoms with E-state index < -0.39 is 0 Å². The van der Waals surface area contributed by atoms with Crippen molar-refractivity contribution in [2.45, 2.75) is 31.7 Å². The maximum atomic E-state index is 12.5. The maximum absolute atomic E-state index is 12.5. The van der Waals surface area contributed by atoms with Crippen molar-refractivity contribution in [1.29, 1.82) is 0 Å². The summed E-state index contributed by atoms with van der Waals surface area (Å²) in [5.41, 5.74) is 3.09. The molecule has 4 rings (SSSR count). The lowest BCUT2D eigenvalue weighted by atomic mass is 10.1. The van der Waals surface area contributed by atoms with E-state index >= 15 is 0 Å². The van der Waals surface area contributed by atoms with Crippen LogP contribution in [0.5, 0.6) is 5.75 Å². The van der Waals surface area contributed by atoms with Crippen LogP contribution >= 0.6 is 11.6 Å². The van der Waals surface area contributed by atoms with E-state index in [0.717, 1.165) is 29.6 Å². The lowest BCUT2D eigenvalue weighted by molar-refractivity contribution is 0.0938. The van der Waals surface area contributed by atoms with Crippen molar-refractivity contribution in [1.82, 2.24) is 14.9 Å². The van der Waals surface area contributed by atoms with Crippen molar-refractivity contribution in [2.24, 2.45) is 0 Å². The average molecular weight is 370 g/mol. The van der Waals surface area contributed by atoms with Gasteiger partial charge in [0.1, 0.15) is 12.1 Å². The van der Waals surface area contributed by atoms with E-state index in [2.05, 4.69) is 10.3 Å². The van der Waals surface area contributed by atoms with Gasteiger partial charge in [-0.15, -0.1) is 0 Å². The first-order valence-electron chi connectivity index (χ1n) is 8.77. The monoisotopic (exact) mass is 369 g/mol. The Labute approximate surface area is 156 Å². The van der Waals surface area contributed by atoms with Crippen LogP contribution in [0.4, 0.5) is 0 Å². The number of benzene rings is 2. The molecule has 0 saturated heterocycles. The van der Waals surface area contributed by atoms with Crippen molar-refractivity contribution < 1.29 is 9.53 Å². The zero-order chi connectivity index (χ0) is 18.1. The molecule has 1 aliphatic rings. The number of carbonyl (C=O) groups excluding carboxylic acids is 1. The summed E-state index contributed by atoms with van der Waals surface area (Å²) < 4.78 is 7.35. The van der Waals surface area contributed by atoms with Crippen LogP contribution in [0, 0.1) is 0 Å². The summed E-state index contributed by atoms with van der Waals surface area (Å²) in [5, 5.41) is 3.73. The second-order valence-corrected chi connectivity index (χ2v) is 7.03. The first kappa shape index (κ1) is 16.9. The summed E-state index contributed by atoms with van der Waals surface area (Å²) in [6.45, 7) is 0. The summed E-state index contributed by atoms with van der Waals surface area (Å²) in [6.07, 6.45) is 6.23. The second kappa shape index (κ2) is 7.00. The molecule has 0 spiro atoms. The summed E-state index contributed by atoms with van der Waals surface area (Å²) >= 11 is 6.15. The maximum Gasteiger partial charge on any atom is 0.251 e. The molecule has 0 unspecified atom stereocenters. The van der Waals surface area contributed by atoms with Gasteiger partial charge in [-0.3, -0.25) is 9.36 Å². The van der Waals surface area contributed by atoms with Crippen molar-refractivity contribution in [2.75, 3.05) is 7.11 Å². The van der Waals surface area contributed by atoms with E-state index in [1.165, 1.54) is 12.8 Å². The molecule has 2 aromatic carbocycles. The predicted molar refractivity (Wildman–Crippen MR) is 102 cm³/mol. The first-order valence-corrected chi connectivity index (χ1v) is 9.15. The molecule has 1 fully saturated rings. The third-order valence-corrected chi connectivity index (χ3v) is 5.14. The molecule has 6 heteroatoms. The Morgan fingerprint density at radius 3 is 2.81 bits per heavy atom. The Kier molecular flexibility index (Phi) is 4.55. The average Bonchev–Trinajstić information content (AvgIpc) is 3.30. The molecule has 1 saturated carbocycles. The highest BCUT2D eigenvalue weighted by atomic mass is 35.5. The number of hydrogen-bond acceptors (Lipinski definition) is 3. The fraction of sp³-hybridized carbons (Fsp3) is 0.300. The van der Waals surface area contributed by atoms with Gasteiger partial charge in [0.15, 0.2) is 0 Å². The molecular formula is C20H20ClN3O2. The third-order valence-electron chi connectivity index (χ3n) is 4.90. The molecule has 1 aliphatic carbocycles. The number of methoxy groups -OCH3 is 1. The van der Waals surface area contributed by atoms with Gasteiger partial charge in [-0.05, 0) is 49.2 Å². The van der Waals surface area contributed by atoms with Gasteiger partial charge in [-0.2, -0.15) is 0 Å². The Bertz CT molecular complexity index is 961. The van der Waals surface area contributed by atoms with Crippen molar-refractivity contribution in [3.63, 3.8) is 0 Å². The molecule has 0 atom stereocenters. The predicted octanol–water partition coefficient (Wildman–Crippen LogP) is 4.36. The molecule has 0 aliphatic heterocycles. The molecule has 1 amide bonds. The molecule has 5 nitrogen and oxygen atoms in total. The Morgan fingerprint density at radius 2 is 2.04 bits per heavy atom. The van der Waals surface area contributed by atoms with Crippen molar-refractivity contribution >= 4 is 28.5 Å². The minimum Gasteiger partial charge on any atom is -0.495 e. The summed E-state index contributed by atoms with van der Waals surface area (Å²) in [4.78, 5) is 16.9. The zero-order valence-electron chi connectivity index (χ0n) is 14.5. The molecule has 0 radical (unpaired) electrons. The minimum absolute atomic E-state index is 0.0336. The lowest BCUT2D eigenvalue weighted by Gasteiger charge is -2.12. The van der Waals surface area contributed by atoms with Gasteiger partial charge in [0.2, 0.25) is 0 Å². The van der Waals surface area contributed by atoms with Gasteiger partial charge in [0, 0.05) is 16.6 Å². The summed E-state index contributed by atoms with van der Waals surface area (Å²) in [5.74, 6) is 0.672. The number of fused-ring (bicyclic) bond motifs is 1. The molecule has 1 heterocycles. The van der Waals surface area contributed by atoms with Crippen LogP contribution in [0.15, 0.2) is 42.7 Å². The lowest BCUT2D eigenvalue weighted by Crippen LogP contribution is -2.32. The topological polar surface area (TPSA) is 56.2 Å². The van der Waals surface area contributed by atoms with Crippen LogP contribution < -0.4 is 10.1 Å². The fourth-order valence-corrected chi connectivity index (χ4v) is 3.70. The van der Waals surface area contributed by atoms with Crippen LogP contribution in [0.2, 0.25) is 5.02 Å². The Morgan fingerprint density at radius 1 is 1.23 bits per heavy atom. The second-order valence-electron chi connectivity index (χ2n) is 6.59. The normalized spacial score (nSPS) is 14.7. The molecule has 134 valence electrons. The molecule has 3 aromatic rings.